The molecular formula is C13H19ClN2O. The summed E-state index contributed by atoms with van der Waals surface area (Å²) in [5.74, 6) is 0. The lowest BCUT2D eigenvalue weighted by molar-refractivity contribution is 0.259. The number of hydrogen-bond donors (Lipinski definition) is 2. The van der Waals surface area contributed by atoms with Crippen molar-refractivity contribution in [2.24, 2.45) is 0 Å². The van der Waals surface area contributed by atoms with Gasteiger partial charge in [0.2, 0.25) is 0 Å². The van der Waals surface area contributed by atoms with Crippen molar-refractivity contribution in [1.29, 1.82) is 0 Å². The van der Waals surface area contributed by atoms with Crippen LogP contribution in [0.3, 0.4) is 0 Å². The standard InChI is InChI=1S/C13H19ClN2O/c1-10-6-7-16(11(9-17)8-15-10)13-5-3-2-4-12(13)14/h2-5,10-11,15,17H,6-9H2,1H3. The molecule has 4 heteroatoms. The van der Waals surface area contributed by atoms with Crippen LogP contribution in [0, 0.1) is 0 Å². The van der Waals surface area contributed by atoms with Crippen LogP contribution in [0.4, 0.5) is 5.69 Å². The second-order valence-electron chi connectivity index (χ2n) is 4.58. The van der Waals surface area contributed by atoms with Gasteiger partial charge in [0.25, 0.3) is 0 Å². The molecule has 1 aliphatic rings. The van der Waals surface area contributed by atoms with Crippen LogP contribution < -0.4 is 10.2 Å². The van der Waals surface area contributed by atoms with Crippen molar-refractivity contribution < 1.29 is 5.11 Å². The minimum absolute atomic E-state index is 0.0971. The van der Waals surface area contributed by atoms with Crippen molar-refractivity contribution in [1.82, 2.24) is 5.32 Å². The molecule has 2 N–H and O–H groups in total. The number of hydrogen-bond acceptors (Lipinski definition) is 3. The van der Waals surface area contributed by atoms with Crippen LogP contribution in [0.1, 0.15) is 13.3 Å². The SMILES string of the molecule is CC1CCN(c2ccccc2Cl)C(CO)CN1. The first-order valence-electron chi connectivity index (χ1n) is 6.07. The van der Waals surface area contributed by atoms with Gasteiger partial charge < -0.3 is 15.3 Å². The number of anilines is 1. The van der Waals surface area contributed by atoms with Crippen LogP contribution in [0.2, 0.25) is 5.02 Å². The molecule has 1 aliphatic heterocycles. The fourth-order valence-electron chi connectivity index (χ4n) is 2.23. The van der Waals surface area contributed by atoms with Gasteiger partial charge in [-0.2, -0.15) is 0 Å². The minimum Gasteiger partial charge on any atom is -0.394 e. The summed E-state index contributed by atoms with van der Waals surface area (Å²) >= 11 is 6.23. The maximum atomic E-state index is 9.50. The number of nitrogens with one attached hydrogen (secondary N) is 1. The first-order chi connectivity index (χ1) is 8.22. The summed E-state index contributed by atoms with van der Waals surface area (Å²) in [5.41, 5.74) is 1.02. The van der Waals surface area contributed by atoms with E-state index in [0.29, 0.717) is 6.04 Å². The monoisotopic (exact) mass is 254 g/mol. The molecule has 0 amide bonds. The maximum absolute atomic E-state index is 9.50. The molecule has 1 aromatic carbocycles. The normalized spacial score (nSPS) is 25.7. The topological polar surface area (TPSA) is 35.5 Å². The third-order valence-electron chi connectivity index (χ3n) is 3.32. The molecule has 1 saturated heterocycles. The van der Waals surface area contributed by atoms with E-state index >= 15 is 0 Å². The molecule has 17 heavy (non-hydrogen) atoms. The molecule has 0 aliphatic carbocycles. The molecule has 1 fully saturated rings. The van der Waals surface area contributed by atoms with Gasteiger partial charge in [-0.25, -0.2) is 0 Å². The van der Waals surface area contributed by atoms with Crippen molar-refractivity contribution >= 4 is 17.3 Å². The molecule has 0 bridgehead atoms. The predicted molar refractivity (Wildman–Crippen MR) is 71.8 cm³/mol. The molecule has 94 valence electrons. The molecule has 0 spiro atoms. The van der Waals surface area contributed by atoms with Crippen molar-refractivity contribution in [2.75, 3.05) is 24.6 Å². The van der Waals surface area contributed by atoms with E-state index in [4.69, 9.17) is 11.6 Å². The summed E-state index contributed by atoms with van der Waals surface area (Å²) in [6.07, 6.45) is 1.06. The van der Waals surface area contributed by atoms with E-state index in [2.05, 4.69) is 17.1 Å². The van der Waals surface area contributed by atoms with E-state index in [1.54, 1.807) is 0 Å². The minimum atomic E-state index is 0.0971. The average molecular weight is 255 g/mol. The van der Waals surface area contributed by atoms with E-state index in [9.17, 15) is 5.11 Å². The number of para-hydroxylation sites is 1. The molecule has 2 atom stereocenters. The first-order valence-corrected chi connectivity index (χ1v) is 6.45. The lowest BCUT2D eigenvalue weighted by Gasteiger charge is -2.31. The van der Waals surface area contributed by atoms with Gasteiger partial charge in [-0.3, -0.25) is 0 Å². The van der Waals surface area contributed by atoms with Crippen molar-refractivity contribution in [3.8, 4) is 0 Å². The van der Waals surface area contributed by atoms with Gasteiger partial charge in [0, 0.05) is 19.1 Å². The second-order valence-corrected chi connectivity index (χ2v) is 4.99. The number of nitrogens with zero attached hydrogens (tertiary/aromatic N) is 1. The Balaban J connectivity index is 2.24. The molecule has 0 radical (unpaired) electrons. The summed E-state index contributed by atoms with van der Waals surface area (Å²) in [7, 11) is 0. The fraction of sp³-hybridized carbons (Fsp3) is 0.538. The highest BCUT2D eigenvalue weighted by Crippen LogP contribution is 2.27. The summed E-state index contributed by atoms with van der Waals surface area (Å²) in [6, 6.07) is 8.40. The van der Waals surface area contributed by atoms with Crippen LogP contribution in [0.25, 0.3) is 0 Å². The van der Waals surface area contributed by atoms with Crippen molar-refractivity contribution in [3.05, 3.63) is 29.3 Å². The van der Waals surface area contributed by atoms with Crippen LogP contribution in [-0.4, -0.2) is 36.9 Å². The summed E-state index contributed by atoms with van der Waals surface area (Å²) in [6.45, 7) is 4.03. The Morgan fingerprint density at radius 3 is 2.94 bits per heavy atom. The largest absolute Gasteiger partial charge is 0.394 e. The van der Waals surface area contributed by atoms with Gasteiger partial charge in [0.1, 0.15) is 0 Å². The first kappa shape index (κ1) is 12.7. The van der Waals surface area contributed by atoms with Gasteiger partial charge in [-0.1, -0.05) is 23.7 Å². The number of benzene rings is 1. The quantitative estimate of drug-likeness (QED) is 0.846. The second kappa shape index (κ2) is 5.71. The average Bonchev–Trinajstić information content (AvgIpc) is 2.52. The van der Waals surface area contributed by atoms with Crippen molar-refractivity contribution in [3.63, 3.8) is 0 Å². The third kappa shape index (κ3) is 2.92. The van der Waals surface area contributed by atoms with E-state index in [0.717, 1.165) is 30.2 Å². The highest BCUT2D eigenvalue weighted by Gasteiger charge is 2.23. The van der Waals surface area contributed by atoms with Crippen LogP contribution in [-0.2, 0) is 0 Å². The molecule has 0 aromatic heterocycles. The van der Waals surface area contributed by atoms with Gasteiger partial charge in [-0.15, -0.1) is 0 Å². The third-order valence-corrected chi connectivity index (χ3v) is 3.64. The van der Waals surface area contributed by atoms with Gasteiger partial charge in [0.15, 0.2) is 0 Å². The van der Waals surface area contributed by atoms with Gasteiger partial charge in [-0.05, 0) is 25.5 Å². The van der Waals surface area contributed by atoms with E-state index in [-0.39, 0.29) is 12.6 Å². The number of aliphatic hydroxyl groups is 1. The van der Waals surface area contributed by atoms with Crippen molar-refractivity contribution in [2.45, 2.75) is 25.4 Å². The zero-order valence-electron chi connectivity index (χ0n) is 10.1. The summed E-state index contributed by atoms with van der Waals surface area (Å²) in [4.78, 5) is 2.21. The van der Waals surface area contributed by atoms with Crippen LogP contribution in [0.15, 0.2) is 24.3 Å². The Morgan fingerprint density at radius 2 is 2.24 bits per heavy atom. The Labute approximate surface area is 107 Å². The van der Waals surface area contributed by atoms with Crippen LogP contribution in [0.5, 0.6) is 0 Å². The lowest BCUT2D eigenvalue weighted by atomic mass is 10.2. The highest BCUT2D eigenvalue weighted by atomic mass is 35.5. The molecule has 3 nitrogen and oxygen atoms in total. The molecule has 2 unspecified atom stereocenters. The summed E-state index contributed by atoms with van der Waals surface area (Å²) in [5, 5.41) is 13.7. The van der Waals surface area contributed by atoms with Crippen LogP contribution >= 0.6 is 11.6 Å². The van der Waals surface area contributed by atoms with E-state index in [1.165, 1.54) is 0 Å². The van der Waals surface area contributed by atoms with Gasteiger partial charge >= 0.3 is 0 Å². The smallest absolute Gasteiger partial charge is 0.0647 e. The maximum Gasteiger partial charge on any atom is 0.0647 e. The zero-order chi connectivity index (χ0) is 12.3. The van der Waals surface area contributed by atoms with E-state index < -0.39 is 0 Å². The number of aliphatic hydroxyl groups excluding tert-OH is 1. The van der Waals surface area contributed by atoms with E-state index in [1.807, 2.05) is 24.3 Å². The molecule has 0 saturated carbocycles. The number of halogens is 1. The Kier molecular flexibility index (Phi) is 4.26. The Morgan fingerprint density at radius 1 is 1.47 bits per heavy atom. The Bertz CT molecular complexity index is 372. The molecule has 1 aromatic rings. The fourth-order valence-corrected chi connectivity index (χ4v) is 2.47. The summed E-state index contributed by atoms with van der Waals surface area (Å²) < 4.78 is 0. The molecular weight excluding hydrogens is 236 g/mol. The lowest BCUT2D eigenvalue weighted by Crippen LogP contribution is -2.43. The molecule has 2 rings (SSSR count). The number of rotatable bonds is 2. The zero-order valence-corrected chi connectivity index (χ0v) is 10.8. The predicted octanol–water partition coefficient (Wildman–Crippen LogP) is 1.89. The van der Waals surface area contributed by atoms with Gasteiger partial charge in [0.05, 0.1) is 23.4 Å². The highest BCUT2D eigenvalue weighted by molar-refractivity contribution is 6.33. The Hall–Kier alpha value is -0.770. The molecule has 1 heterocycles.